The molecule has 2 aromatic rings. The predicted octanol–water partition coefficient (Wildman–Crippen LogP) is 2.68. The minimum absolute atomic E-state index is 0.0367. The van der Waals surface area contributed by atoms with Gasteiger partial charge < -0.3 is 9.15 Å². The summed E-state index contributed by atoms with van der Waals surface area (Å²) in [6, 6.07) is 9.87. The Hall–Kier alpha value is -2.80. The molecule has 0 aliphatic heterocycles. The van der Waals surface area contributed by atoms with E-state index < -0.39 is 30.3 Å². The van der Waals surface area contributed by atoms with Crippen molar-refractivity contribution >= 4 is 29.4 Å². The molecule has 2 N–H and O–H groups in total. The molecule has 0 aliphatic carbocycles. The van der Waals surface area contributed by atoms with E-state index in [2.05, 4.69) is 10.9 Å². The van der Waals surface area contributed by atoms with Crippen molar-refractivity contribution in [3.63, 3.8) is 0 Å². The number of hydrogen-bond donors (Lipinski definition) is 2. The third kappa shape index (κ3) is 5.35. The molecule has 1 aromatic heterocycles. The van der Waals surface area contributed by atoms with Gasteiger partial charge in [0.15, 0.2) is 12.4 Å². The first-order valence-electron chi connectivity index (χ1n) is 7.93. The zero-order valence-electron chi connectivity index (χ0n) is 14.3. The molecule has 2 amide bonds. The van der Waals surface area contributed by atoms with Crippen LogP contribution in [0, 0.1) is 5.92 Å². The van der Waals surface area contributed by atoms with E-state index >= 15 is 0 Å². The topological polar surface area (TPSA) is 97.6 Å². The first kappa shape index (κ1) is 19.5. The lowest BCUT2D eigenvalue weighted by atomic mass is 9.88. The lowest BCUT2D eigenvalue weighted by Gasteiger charge is -2.19. The highest BCUT2D eigenvalue weighted by atomic mass is 35.5. The van der Waals surface area contributed by atoms with Crippen LogP contribution < -0.4 is 10.9 Å². The standard InChI is InChI=1S/C18H19ClN2O5/c1-11(2)16(12-5-7-13(19)8-6-12)18(24)26-10-15(22)20-21-17(23)14-4-3-9-25-14/h3-9,11,16H,10H2,1-2H3,(H,20,22)(H,21,23)/t16-/m0/s1. The summed E-state index contributed by atoms with van der Waals surface area (Å²) in [7, 11) is 0. The van der Waals surface area contributed by atoms with Gasteiger partial charge in [-0.15, -0.1) is 0 Å². The molecule has 0 saturated heterocycles. The first-order valence-corrected chi connectivity index (χ1v) is 8.31. The van der Waals surface area contributed by atoms with Crippen LogP contribution in [0.1, 0.15) is 35.9 Å². The van der Waals surface area contributed by atoms with Crippen LogP contribution in [0.15, 0.2) is 47.1 Å². The van der Waals surface area contributed by atoms with Gasteiger partial charge in [-0.3, -0.25) is 25.2 Å². The second-order valence-electron chi connectivity index (χ2n) is 5.86. The average Bonchev–Trinajstić information content (AvgIpc) is 3.14. The number of benzene rings is 1. The predicted molar refractivity (Wildman–Crippen MR) is 94.3 cm³/mol. The molecule has 138 valence electrons. The largest absolute Gasteiger partial charge is 0.459 e. The van der Waals surface area contributed by atoms with Crippen LogP contribution in [0.2, 0.25) is 5.02 Å². The maximum Gasteiger partial charge on any atom is 0.314 e. The molecule has 1 aromatic carbocycles. The number of nitrogens with one attached hydrogen (secondary N) is 2. The second kappa shape index (κ2) is 9.05. The highest BCUT2D eigenvalue weighted by Gasteiger charge is 2.26. The number of halogens is 1. The smallest absolute Gasteiger partial charge is 0.314 e. The lowest BCUT2D eigenvalue weighted by Crippen LogP contribution is -2.43. The van der Waals surface area contributed by atoms with Crippen molar-refractivity contribution in [2.45, 2.75) is 19.8 Å². The average molecular weight is 379 g/mol. The summed E-state index contributed by atoms with van der Waals surface area (Å²) in [4.78, 5) is 35.7. The van der Waals surface area contributed by atoms with Crippen LogP contribution in [0.5, 0.6) is 0 Å². The quantitative estimate of drug-likeness (QED) is 0.595. The fourth-order valence-electron chi connectivity index (χ4n) is 2.32. The van der Waals surface area contributed by atoms with E-state index in [1.165, 1.54) is 12.3 Å². The SMILES string of the molecule is CC(C)[C@H](C(=O)OCC(=O)NNC(=O)c1ccco1)c1ccc(Cl)cc1. The molecule has 26 heavy (non-hydrogen) atoms. The number of hydrazine groups is 1. The van der Waals surface area contributed by atoms with E-state index in [-0.39, 0.29) is 11.7 Å². The third-order valence-electron chi connectivity index (χ3n) is 3.56. The Kier molecular flexibility index (Phi) is 6.80. The van der Waals surface area contributed by atoms with Crippen molar-refractivity contribution in [3.8, 4) is 0 Å². The highest BCUT2D eigenvalue weighted by Crippen LogP contribution is 2.27. The molecular formula is C18H19ClN2O5. The summed E-state index contributed by atoms with van der Waals surface area (Å²) in [6.07, 6.45) is 1.33. The van der Waals surface area contributed by atoms with Crippen molar-refractivity contribution in [2.24, 2.45) is 5.92 Å². The van der Waals surface area contributed by atoms with Crippen LogP contribution in [0.25, 0.3) is 0 Å². The van der Waals surface area contributed by atoms with Crippen molar-refractivity contribution in [1.29, 1.82) is 0 Å². The summed E-state index contributed by atoms with van der Waals surface area (Å²) < 4.78 is 9.96. The Morgan fingerprint density at radius 2 is 1.81 bits per heavy atom. The summed E-state index contributed by atoms with van der Waals surface area (Å²) in [5.41, 5.74) is 5.06. The summed E-state index contributed by atoms with van der Waals surface area (Å²) >= 11 is 5.87. The van der Waals surface area contributed by atoms with Gasteiger partial charge in [-0.25, -0.2) is 0 Å². The van der Waals surface area contributed by atoms with E-state index in [0.717, 1.165) is 5.56 Å². The maximum absolute atomic E-state index is 12.4. The van der Waals surface area contributed by atoms with Crippen LogP contribution >= 0.6 is 11.6 Å². The molecular weight excluding hydrogens is 360 g/mol. The van der Waals surface area contributed by atoms with Gasteiger partial charge in [0, 0.05) is 5.02 Å². The van der Waals surface area contributed by atoms with Gasteiger partial charge in [-0.2, -0.15) is 0 Å². The fourth-order valence-corrected chi connectivity index (χ4v) is 2.45. The molecule has 1 atom stereocenters. The Labute approximate surface area is 155 Å². The maximum atomic E-state index is 12.4. The Morgan fingerprint density at radius 3 is 2.38 bits per heavy atom. The highest BCUT2D eigenvalue weighted by molar-refractivity contribution is 6.30. The van der Waals surface area contributed by atoms with Gasteiger partial charge in [0.25, 0.3) is 5.91 Å². The minimum atomic E-state index is -0.670. The number of hydrogen-bond acceptors (Lipinski definition) is 5. The van der Waals surface area contributed by atoms with E-state index in [1.54, 1.807) is 30.3 Å². The minimum Gasteiger partial charge on any atom is -0.459 e. The first-order chi connectivity index (χ1) is 12.4. The van der Waals surface area contributed by atoms with E-state index in [9.17, 15) is 14.4 Å². The number of ether oxygens (including phenoxy) is 1. The molecule has 0 bridgehead atoms. The van der Waals surface area contributed by atoms with Gasteiger partial charge in [-0.05, 0) is 35.7 Å². The molecule has 8 heteroatoms. The molecule has 0 radical (unpaired) electrons. The number of esters is 1. The Morgan fingerprint density at radius 1 is 1.12 bits per heavy atom. The Balaban J connectivity index is 1.86. The fraction of sp³-hybridized carbons (Fsp3) is 0.278. The van der Waals surface area contributed by atoms with Crippen molar-refractivity contribution in [1.82, 2.24) is 10.9 Å². The van der Waals surface area contributed by atoms with Crippen LogP contribution in [-0.2, 0) is 14.3 Å². The van der Waals surface area contributed by atoms with Crippen molar-refractivity contribution in [3.05, 3.63) is 59.0 Å². The third-order valence-corrected chi connectivity index (χ3v) is 3.81. The zero-order valence-corrected chi connectivity index (χ0v) is 15.1. The second-order valence-corrected chi connectivity index (χ2v) is 6.30. The molecule has 0 spiro atoms. The number of amides is 2. The van der Waals surface area contributed by atoms with Gasteiger partial charge in [0.1, 0.15) is 0 Å². The molecule has 7 nitrogen and oxygen atoms in total. The molecule has 0 saturated carbocycles. The number of rotatable bonds is 6. The molecule has 0 aliphatic rings. The summed E-state index contributed by atoms with van der Waals surface area (Å²) in [5.74, 6) is -2.34. The van der Waals surface area contributed by atoms with Gasteiger partial charge in [0.2, 0.25) is 0 Å². The Bertz CT molecular complexity index is 756. The van der Waals surface area contributed by atoms with E-state index in [0.29, 0.717) is 5.02 Å². The van der Waals surface area contributed by atoms with Crippen LogP contribution in [0.4, 0.5) is 0 Å². The van der Waals surface area contributed by atoms with Crippen LogP contribution in [-0.4, -0.2) is 24.4 Å². The van der Waals surface area contributed by atoms with E-state index in [4.69, 9.17) is 20.8 Å². The number of carbonyl (C=O) groups excluding carboxylic acids is 3. The zero-order chi connectivity index (χ0) is 19.1. The number of furan rings is 1. The van der Waals surface area contributed by atoms with Crippen molar-refractivity contribution < 1.29 is 23.5 Å². The van der Waals surface area contributed by atoms with Crippen LogP contribution in [0.3, 0.4) is 0 Å². The van der Waals surface area contributed by atoms with Gasteiger partial charge in [0.05, 0.1) is 12.2 Å². The monoisotopic (exact) mass is 378 g/mol. The molecule has 2 rings (SSSR count). The normalized spacial score (nSPS) is 11.7. The van der Waals surface area contributed by atoms with Crippen molar-refractivity contribution in [2.75, 3.05) is 6.61 Å². The molecule has 0 unspecified atom stereocenters. The molecule has 1 heterocycles. The lowest BCUT2D eigenvalue weighted by molar-refractivity contribution is -0.151. The summed E-state index contributed by atoms with van der Waals surface area (Å²) in [6.45, 7) is 3.24. The summed E-state index contributed by atoms with van der Waals surface area (Å²) in [5, 5.41) is 0.566. The van der Waals surface area contributed by atoms with Gasteiger partial charge >= 0.3 is 11.9 Å². The van der Waals surface area contributed by atoms with E-state index in [1.807, 2.05) is 13.8 Å². The number of carbonyl (C=O) groups is 3. The van der Waals surface area contributed by atoms with Gasteiger partial charge in [-0.1, -0.05) is 37.6 Å². The molecule has 0 fully saturated rings.